The number of hydrogen-bond donors (Lipinski definition) is 2. The smallest absolute Gasteiger partial charge is 0.324 e. The molecule has 1 aliphatic rings. The molecule has 1 aliphatic carbocycles. The number of anilines is 1. The molecule has 2 N–H and O–H groups in total. The third kappa shape index (κ3) is 5.93. The Hall–Kier alpha value is -2.13. The number of carboxylic acid groups (broad SMARTS) is 1. The number of amides is 2. The van der Waals surface area contributed by atoms with Crippen molar-refractivity contribution >= 4 is 40.2 Å². The first kappa shape index (κ1) is 20.6. The average molecular weight is 421 g/mol. The quantitative estimate of drug-likeness (QED) is 0.648. The minimum Gasteiger partial charge on any atom is -0.481 e. The fraction of sp³-hybridized carbons (Fsp3) is 0.474. The monoisotopic (exact) mass is 420 g/mol. The topological polar surface area (TPSA) is 95.4 Å². The van der Waals surface area contributed by atoms with Gasteiger partial charge in [0.05, 0.1) is 16.2 Å². The van der Waals surface area contributed by atoms with Crippen LogP contribution in [0.4, 0.5) is 9.93 Å². The van der Waals surface area contributed by atoms with Crippen LogP contribution < -0.4 is 5.32 Å². The van der Waals surface area contributed by atoms with Crippen molar-refractivity contribution in [1.29, 1.82) is 0 Å². The van der Waals surface area contributed by atoms with E-state index >= 15 is 0 Å². The molecular formula is C19H24N4O3S2. The van der Waals surface area contributed by atoms with Gasteiger partial charge in [0.1, 0.15) is 0 Å². The molecule has 0 aliphatic heterocycles. The Balaban J connectivity index is 1.68. The largest absolute Gasteiger partial charge is 0.481 e. The Labute approximate surface area is 172 Å². The number of hydrogen-bond acceptors (Lipinski definition) is 6. The molecule has 2 aromatic rings. The van der Waals surface area contributed by atoms with E-state index < -0.39 is 5.97 Å². The van der Waals surface area contributed by atoms with E-state index in [4.69, 9.17) is 5.11 Å². The third-order valence-electron chi connectivity index (χ3n) is 4.83. The molecule has 0 spiro atoms. The number of nitrogens with one attached hydrogen (secondary N) is 1. The van der Waals surface area contributed by atoms with E-state index in [0.29, 0.717) is 17.6 Å². The van der Waals surface area contributed by atoms with Crippen molar-refractivity contribution < 1.29 is 14.7 Å². The van der Waals surface area contributed by atoms with E-state index in [1.165, 1.54) is 23.1 Å². The first-order chi connectivity index (χ1) is 13.5. The molecule has 1 saturated carbocycles. The third-order valence-corrected chi connectivity index (χ3v) is 6.92. The van der Waals surface area contributed by atoms with Gasteiger partial charge in [-0.1, -0.05) is 18.3 Å². The number of carboxylic acids is 1. The SMILES string of the molecule is CC1CCC(N(Cc2ccncc2)C(=O)Nc2ncc(SCC(=O)O)s2)CC1. The van der Waals surface area contributed by atoms with Gasteiger partial charge in [0, 0.05) is 25.0 Å². The van der Waals surface area contributed by atoms with Gasteiger partial charge >= 0.3 is 12.0 Å². The highest BCUT2D eigenvalue weighted by Gasteiger charge is 2.28. The minimum atomic E-state index is -0.876. The molecular weight excluding hydrogens is 396 g/mol. The van der Waals surface area contributed by atoms with Crippen LogP contribution in [0.1, 0.15) is 38.2 Å². The second kappa shape index (κ2) is 9.88. The van der Waals surface area contributed by atoms with E-state index in [9.17, 15) is 9.59 Å². The standard InChI is InChI=1S/C19H24N4O3S2/c1-13-2-4-15(5-3-13)23(11-14-6-8-20-9-7-14)19(26)22-18-21-10-17(28-18)27-12-16(24)25/h6-10,13,15H,2-5,11-12H2,1H3,(H,24,25)(H,21,22,26). The molecule has 2 heterocycles. The summed E-state index contributed by atoms with van der Waals surface area (Å²) in [5.74, 6) is -0.196. The van der Waals surface area contributed by atoms with Gasteiger partial charge < -0.3 is 10.0 Å². The summed E-state index contributed by atoms with van der Waals surface area (Å²) in [4.78, 5) is 33.9. The maximum absolute atomic E-state index is 13.0. The summed E-state index contributed by atoms with van der Waals surface area (Å²) in [6.07, 6.45) is 9.32. The van der Waals surface area contributed by atoms with Gasteiger partial charge in [0.15, 0.2) is 5.13 Å². The van der Waals surface area contributed by atoms with Crippen LogP contribution in [0.3, 0.4) is 0 Å². The maximum atomic E-state index is 13.0. The lowest BCUT2D eigenvalue weighted by Crippen LogP contribution is -2.44. The number of aromatic nitrogens is 2. The summed E-state index contributed by atoms with van der Waals surface area (Å²) >= 11 is 2.49. The van der Waals surface area contributed by atoms with E-state index in [0.717, 1.165) is 35.5 Å². The van der Waals surface area contributed by atoms with Gasteiger partial charge in [-0.15, -0.1) is 11.8 Å². The van der Waals surface area contributed by atoms with Crippen molar-refractivity contribution in [2.24, 2.45) is 5.92 Å². The first-order valence-electron chi connectivity index (χ1n) is 9.28. The Kier molecular flexibility index (Phi) is 7.27. The Morgan fingerprint density at radius 1 is 1.29 bits per heavy atom. The number of urea groups is 1. The molecule has 0 unspecified atom stereocenters. The zero-order chi connectivity index (χ0) is 19.9. The second-order valence-corrected chi connectivity index (χ2v) is 9.30. The number of thioether (sulfide) groups is 1. The molecule has 9 heteroatoms. The molecule has 0 atom stereocenters. The highest BCUT2D eigenvalue weighted by Crippen LogP contribution is 2.31. The van der Waals surface area contributed by atoms with Crippen molar-refractivity contribution in [3.8, 4) is 0 Å². The Bertz CT molecular complexity index is 791. The van der Waals surface area contributed by atoms with Crippen molar-refractivity contribution in [3.63, 3.8) is 0 Å². The van der Waals surface area contributed by atoms with Crippen LogP contribution in [0, 0.1) is 5.92 Å². The van der Waals surface area contributed by atoms with Crippen molar-refractivity contribution in [2.75, 3.05) is 11.1 Å². The highest BCUT2D eigenvalue weighted by atomic mass is 32.2. The zero-order valence-electron chi connectivity index (χ0n) is 15.7. The summed E-state index contributed by atoms with van der Waals surface area (Å²) in [6.45, 7) is 2.79. The molecule has 2 amide bonds. The molecule has 3 rings (SSSR count). The molecule has 7 nitrogen and oxygen atoms in total. The van der Waals surface area contributed by atoms with E-state index in [-0.39, 0.29) is 17.8 Å². The normalized spacial score (nSPS) is 19.2. The van der Waals surface area contributed by atoms with E-state index in [1.54, 1.807) is 18.6 Å². The summed E-state index contributed by atoms with van der Waals surface area (Å²) in [6, 6.07) is 3.89. The molecule has 2 aromatic heterocycles. The van der Waals surface area contributed by atoms with Gasteiger partial charge in [0.2, 0.25) is 0 Å². The molecule has 150 valence electrons. The number of rotatable bonds is 7. The molecule has 0 aromatic carbocycles. The van der Waals surface area contributed by atoms with Gasteiger partial charge in [-0.05, 0) is 49.3 Å². The zero-order valence-corrected chi connectivity index (χ0v) is 17.3. The lowest BCUT2D eigenvalue weighted by Gasteiger charge is -2.36. The molecule has 0 bridgehead atoms. The van der Waals surface area contributed by atoms with Crippen LogP contribution >= 0.6 is 23.1 Å². The fourth-order valence-corrected chi connectivity index (χ4v) is 4.87. The first-order valence-corrected chi connectivity index (χ1v) is 11.1. The Morgan fingerprint density at radius 2 is 2.00 bits per heavy atom. The number of thiazole rings is 1. The lowest BCUT2D eigenvalue weighted by molar-refractivity contribution is -0.133. The van der Waals surface area contributed by atoms with Crippen molar-refractivity contribution in [3.05, 3.63) is 36.3 Å². The average Bonchev–Trinajstić information content (AvgIpc) is 3.13. The van der Waals surface area contributed by atoms with Crippen LogP contribution in [-0.4, -0.2) is 43.8 Å². The van der Waals surface area contributed by atoms with Gasteiger partial charge in [-0.2, -0.15) is 0 Å². The number of pyridine rings is 1. The van der Waals surface area contributed by atoms with Crippen LogP contribution in [0.5, 0.6) is 0 Å². The fourth-order valence-electron chi connectivity index (χ4n) is 3.29. The van der Waals surface area contributed by atoms with E-state index in [2.05, 4.69) is 22.2 Å². The lowest BCUT2D eigenvalue weighted by atomic mass is 9.86. The summed E-state index contributed by atoms with van der Waals surface area (Å²) < 4.78 is 0.768. The van der Waals surface area contributed by atoms with Crippen LogP contribution in [0.2, 0.25) is 0 Å². The van der Waals surface area contributed by atoms with Crippen molar-refractivity contribution in [2.45, 2.75) is 49.4 Å². The van der Waals surface area contributed by atoms with Gasteiger partial charge in [0.25, 0.3) is 0 Å². The number of carbonyl (C=O) groups excluding carboxylic acids is 1. The van der Waals surface area contributed by atoms with Crippen LogP contribution in [0.15, 0.2) is 34.9 Å². The van der Waals surface area contributed by atoms with Crippen LogP contribution in [0.25, 0.3) is 0 Å². The predicted molar refractivity (Wildman–Crippen MR) is 111 cm³/mol. The maximum Gasteiger partial charge on any atom is 0.324 e. The molecule has 1 fully saturated rings. The molecule has 28 heavy (non-hydrogen) atoms. The number of aliphatic carboxylic acids is 1. The van der Waals surface area contributed by atoms with Gasteiger partial charge in [-0.25, -0.2) is 9.78 Å². The molecule has 0 radical (unpaired) electrons. The van der Waals surface area contributed by atoms with Gasteiger partial charge in [-0.3, -0.25) is 15.1 Å². The summed E-state index contributed by atoms with van der Waals surface area (Å²) in [5, 5.41) is 12.2. The minimum absolute atomic E-state index is 0.0238. The van der Waals surface area contributed by atoms with Crippen molar-refractivity contribution in [1.82, 2.24) is 14.9 Å². The second-order valence-electron chi connectivity index (χ2n) is 6.99. The highest BCUT2D eigenvalue weighted by molar-refractivity contribution is 8.01. The number of carbonyl (C=O) groups is 2. The molecule has 0 saturated heterocycles. The summed E-state index contributed by atoms with van der Waals surface area (Å²) in [5.41, 5.74) is 1.04. The Morgan fingerprint density at radius 3 is 2.68 bits per heavy atom. The summed E-state index contributed by atoms with van der Waals surface area (Å²) in [7, 11) is 0. The van der Waals surface area contributed by atoms with Crippen LogP contribution in [-0.2, 0) is 11.3 Å². The predicted octanol–water partition coefficient (Wildman–Crippen LogP) is 4.33. The number of nitrogens with zero attached hydrogens (tertiary/aromatic N) is 3. The van der Waals surface area contributed by atoms with E-state index in [1.807, 2.05) is 17.0 Å².